The van der Waals surface area contributed by atoms with Crippen LogP contribution in [0.1, 0.15) is 6.42 Å². The molecule has 0 bridgehead atoms. The molecule has 0 saturated heterocycles. The van der Waals surface area contributed by atoms with Gasteiger partial charge in [-0.1, -0.05) is 35.1 Å². The van der Waals surface area contributed by atoms with E-state index in [0.717, 1.165) is 23.2 Å². The van der Waals surface area contributed by atoms with E-state index in [-0.39, 0.29) is 12.5 Å². The predicted octanol–water partition coefficient (Wildman–Crippen LogP) is 4.32. The number of hydrogen-bond acceptors (Lipinski definition) is 6. The van der Waals surface area contributed by atoms with Gasteiger partial charge in [0.05, 0.1) is 17.3 Å². The average molecular weight is 434 g/mol. The van der Waals surface area contributed by atoms with Gasteiger partial charge in [0.15, 0.2) is 23.2 Å². The molecule has 0 fully saturated rings. The van der Waals surface area contributed by atoms with E-state index in [1.165, 1.54) is 11.3 Å². The van der Waals surface area contributed by atoms with Gasteiger partial charge >= 0.3 is 0 Å². The number of carbonyl (C=O) groups excluding carboxylic acids is 1. The molecule has 0 N–H and O–H groups in total. The number of benzene rings is 2. The predicted molar refractivity (Wildman–Crippen MR) is 119 cm³/mol. The van der Waals surface area contributed by atoms with Gasteiger partial charge < -0.3 is 14.4 Å². The van der Waals surface area contributed by atoms with Crippen molar-refractivity contribution in [3.8, 4) is 11.5 Å². The standard InChI is InChI=1S/C21H24ClN3O3S/c1-24(2)11-6-12-25(21-23-16-10-9-15(22)13-19(16)29-21)20(26)14-28-18-8-5-4-7-17(18)27-3/h4-5,7-10,13H,6,11-12,14H2,1-3H3. The van der Waals surface area contributed by atoms with Crippen LogP contribution in [0.4, 0.5) is 5.13 Å². The third-order valence-electron chi connectivity index (χ3n) is 4.28. The first-order chi connectivity index (χ1) is 14.0. The number of methoxy groups -OCH3 is 1. The molecule has 0 aliphatic heterocycles. The highest BCUT2D eigenvalue weighted by Gasteiger charge is 2.21. The Kier molecular flexibility index (Phi) is 7.30. The molecule has 0 aliphatic carbocycles. The third kappa shape index (κ3) is 5.59. The minimum Gasteiger partial charge on any atom is -0.493 e. The second kappa shape index (κ2) is 9.91. The van der Waals surface area contributed by atoms with Gasteiger partial charge in [-0.05, 0) is 57.4 Å². The highest BCUT2D eigenvalue weighted by atomic mass is 35.5. The Balaban J connectivity index is 1.78. The number of fused-ring (bicyclic) bond motifs is 1. The van der Waals surface area contributed by atoms with Crippen molar-refractivity contribution in [3.05, 3.63) is 47.5 Å². The maximum Gasteiger partial charge on any atom is 0.266 e. The number of carbonyl (C=O) groups is 1. The van der Waals surface area contributed by atoms with Crippen molar-refractivity contribution in [3.63, 3.8) is 0 Å². The van der Waals surface area contributed by atoms with Gasteiger partial charge in [-0.3, -0.25) is 9.69 Å². The Bertz CT molecular complexity index is 977. The Morgan fingerprint density at radius 2 is 1.90 bits per heavy atom. The topological polar surface area (TPSA) is 54.9 Å². The van der Waals surface area contributed by atoms with Crippen molar-refractivity contribution < 1.29 is 14.3 Å². The van der Waals surface area contributed by atoms with Gasteiger partial charge in [-0.15, -0.1) is 0 Å². The fraction of sp³-hybridized carbons (Fsp3) is 0.333. The summed E-state index contributed by atoms with van der Waals surface area (Å²) < 4.78 is 12.0. The normalized spacial score (nSPS) is 11.1. The van der Waals surface area contributed by atoms with E-state index in [4.69, 9.17) is 21.1 Å². The lowest BCUT2D eigenvalue weighted by Crippen LogP contribution is -2.36. The summed E-state index contributed by atoms with van der Waals surface area (Å²) in [7, 11) is 5.59. The van der Waals surface area contributed by atoms with Crippen LogP contribution in [-0.4, -0.2) is 56.7 Å². The molecular weight excluding hydrogens is 410 g/mol. The molecule has 0 aliphatic rings. The first-order valence-corrected chi connectivity index (χ1v) is 10.4. The monoisotopic (exact) mass is 433 g/mol. The molecule has 2 aromatic carbocycles. The molecule has 8 heteroatoms. The van der Waals surface area contributed by atoms with Gasteiger partial charge in [0.2, 0.25) is 0 Å². The van der Waals surface area contributed by atoms with Crippen molar-refractivity contribution in [2.75, 3.05) is 45.8 Å². The van der Waals surface area contributed by atoms with E-state index < -0.39 is 0 Å². The van der Waals surface area contributed by atoms with Crippen molar-refractivity contribution in [1.29, 1.82) is 0 Å². The van der Waals surface area contributed by atoms with E-state index >= 15 is 0 Å². The summed E-state index contributed by atoms with van der Waals surface area (Å²) in [6.45, 7) is 1.33. The lowest BCUT2D eigenvalue weighted by atomic mass is 10.3. The van der Waals surface area contributed by atoms with Gasteiger partial charge in [0.1, 0.15) is 0 Å². The molecule has 3 aromatic rings. The van der Waals surface area contributed by atoms with Crippen molar-refractivity contribution in [1.82, 2.24) is 9.88 Å². The zero-order valence-electron chi connectivity index (χ0n) is 16.7. The van der Waals surface area contributed by atoms with Gasteiger partial charge in [-0.25, -0.2) is 4.98 Å². The van der Waals surface area contributed by atoms with E-state index in [1.807, 2.05) is 38.4 Å². The molecule has 6 nitrogen and oxygen atoms in total. The number of rotatable bonds is 9. The highest BCUT2D eigenvalue weighted by Crippen LogP contribution is 2.31. The smallest absolute Gasteiger partial charge is 0.266 e. The minimum absolute atomic E-state index is 0.0982. The first-order valence-electron chi connectivity index (χ1n) is 9.25. The van der Waals surface area contributed by atoms with Crippen LogP contribution in [0.15, 0.2) is 42.5 Å². The molecular formula is C21H24ClN3O3S. The van der Waals surface area contributed by atoms with Crippen molar-refractivity contribution in [2.45, 2.75) is 6.42 Å². The van der Waals surface area contributed by atoms with Crippen LogP contribution >= 0.6 is 22.9 Å². The molecule has 0 atom stereocenters. The molecule has 0 saturated carbocycles. The lowest BCUT2D eigenvalue weighted by Gasteiger charge is -2.21. The second-order valence-corrected chi connectivity index (χ2v) is 8.20. The third-order valence-corrected chi connectivity index (χ3v) is 5.55. The number of nitrogens with zero attached hydrogens (tertiary/aromatic N) is 3. The van der Waals surface area contributed by atoms with Crippen LogP contribution < -0.4 is 14.4 Å². The van der Waals surface area contributed by atoms with Gasteiger partial charge in [-0.2, -0.15) is 0 Å². The number of anilines is 1. The highest BCUT2D eigenvalue weighted by molar-refractivity contribution is 7.22. The van der Waals surface area contributed by atoms with Gasteiger partial charge in [0.25, 0.3) is 5.91 Å². The van der Waals surface area contributed by atoms with E-state index in [2.05, 4.69) is 9.88 Å². The molecule has 1 aromatic heterocycles. The Morgan fingerprint density at radius 3 is 2.62 bits per heavy atom. The van der Waals surface area contributed by atoms with Crippen LogP contribution in [0.5, 0.6) is 11.5 Å². The molecule has 154 valence electrons. The van der Waals surface area contributed by atoms with Crippen LogP contribution in [-0.2, 0) is 4.79 Å². The zero-order chi connectivity index (χ0) is 20.8. The maximum absolute atomic E-state index is 13.0. The first kappa shape index (κ1) is 21.4. The number of amides is 1. The van der Waals surface area contributed by atoms with Crippen molar-refractivity contribution in [2.24, 2.45) is 0 Å². The SMILES string of the molecule is COc1ccccc1OCC(=O)N(CCCN(C)C)c1nc2ccc(Cl)cc2s1. The molecule has 1 amide bonds. The number of hydrogen-bond donors (Lipinski definition) is 0. The molecule has 3 rings (SSSR count). The number of para-hydroxylation sites is 2. The van der Waals surface area contributed by atoms with Crippen LogP contribution in [0.2, 0.25) is 5.02 Å². The number of aromatic nitrogens is 1. The quantitative estimate of drug-likeness (QED) is 0.503. The fourth-order valence-corrected chi connectivity index (χ4v) is 4.11. The summed E-state index contributed by atoms with van der Waals surface area (Å²) in [5, 5.41) is 1.30. The summed E-state index contributed by atoms with van der Waals surface area (Å²) in [5.74, 6) is 0.974. The largest absolute Gasteiger partial charge is 0.493 e. The second-order valence-electron chi connectivity index (χ2n) is 6.75. The van der Waals surface area contributed by atoms with E-state index in [9.17, 15) is 4.79 Å². The maximum atomic E-state index is 13.0. The number of ether oxygens (including phenoxy) is 2. The summed E-state index contributed by atoms with van der Waals surface area (Å²) in [6.07, 6.45) is 0.823. The van der Waals surface area contributed by atoms with Gasteiger partial charge in [0, 0.05) is 11.6 Å². The molecule has 0 radical (unpaired) electrons. The summed E-state index contributed by atoms with van der Waals surface area (Å²) in [5.41, 5.74) is 0.824. The van der Waals surface area contributed by atoms with Crippen molar-refractivity contribution >= 4 is 44.2 Å². The van der Waals surface area contributed by atoms with Crippen LogP contribution in [0.25, 0.3) is 10.2 Å². The minimum atomic E-state index is -0.153. The molecule has 29 heavy (non-hydrogen) atoms. The summed E-state index contributed by atoms with van der Waals surface area (Å²) in [4.78, 5) is 21.4. The van der Waals surface area contributed by atoms with Crippen LogP contribution in [0.3, 0.4) is 0 Å². The fourth-order valence-electron chi connectivity index (χ4n) is 2.83. The summed E-state index contributed by atoms with van der Waals surface area (Å²) >= 11 is 7.55. The van der Waals surface area contributed by atoms with Crippen LogP contribution in [0, 0.1) is 0 Å². The van der Waals surface area contributed by atoms with E-state index in [1.54, 1.807) is 30.2 Å². The Hall–Kier alpha value is -2.35. The Labute approximate surface area is 179 Å². The lowest BCUT2D eigenvalue weighted by molar-refractivity contribution is -0.120. The number of halogens is 1. The average Bonchev–Trinajstić information content (AvgIpc) is 3.12. The molecule has 0 unspecified atom stereocenters. The number of thiazole rings is 1. The zero-order valence-corrected chi connectivity index (χ0v) is 18.3. The molecule has 1 heterocycles. The summed E-state index contributed by atoms with van der Waals surface area (Å²) in [6, 6.07) is 12.8. The molecule has 0 spiro atoms. The van der Waals surface area contributed by atoms with E-state index in [0.29, 0.717) is 28.2 Å². The Morgan fingerprint density at radius 1 is 1.14 bits per heavy atom.